The first-order valence-electron chi connectivity index (χ1n) is 11.0. The fraction of sp³-hybridized carbons (Fsp3) is 0.440. The van der Waals surface area contributed by atoms with Crippen molar-refractivity contribution < 1.29 is 4.79 Å². The van der Waals surface area contributed by atoms with Crippen LogP contribution in [-0.2, 0) is 18.5 Å². The molecule has 0 saturated carbocycles. The van der Waals surface area contributed by atoms with Crippen molar-refractivity contribution >= 4 is 22.6 Å². The van der Waals surface area contributed by atoms with E-state index in [1.165, 1.54) is 18.4 Å². The van der Waals surface area contributed by atoms with Gasteiger partial charge in [-0.15, -0.1) is 0 Å². The van der Waals surface area contributed by atoms with Crippen molar-refractivity contribution in [3.05, 3.63) is 59.4 Å². The van der Waals surface area contributed by atoms with Crippen LogP contribution in [0.15, 0.2) is 42.5 Å². The molecule has 5 heteroatoms. The predicted molar refractivity (Wildman–Crippen MR) is 123 cm³/mol. The summed E-state index contributed by atoms with van der Waals surface area (Å²) in [4.78, 5) is 20.1. The summed E-state index contributed by atoms with van der Waals surface area (Å²) in [5, 5.41) is 3.03. The van der Waals surface area contributed by atoms with E-state index in [1.807, 2.05) is 36.4 Å². The number of nitrogens with zero attached hydrogens (tertiary/aromatic N) is 3. The molecule has 158 valence electrons. The Kier molecular flexibility index (Phi) is 5.65. The van der Waals surface area contributed by atoms with E-state index < -0.39 is 0 Å². The lowest BCUT2D eigenvalue weighted by Crippen LogP contribution is -2.21. The molecule has 4 rings (SSSR count). The van der Waals surface area contributed by atoms with Gasteiger partial charge in [0, 0.05) is 17.8 Å². The maximum Gasteiger partial charge on any atom is 0.255 e. The number of aryl methyl sites for hydroxylation is 1. The fourth-order valence-electron chi connectivity index (χ4n) is 4.20. The largest absolute Gasteiger partial charge is 0.327 e. The Labute approximate surface area is 179 Å². The molecule has 3 aromatic rings. The van der Waals surface area contributed by atoms with Crippen molar-refractivity contribution in [2.45, 2.75) is 59.0 Å². The van der Waals surface area contributed by atoms with Gasteiger partial charge < -0.3 is 9.88 Å². The molecular formula is C25H32N4O. The van der Waals surface area contributed by atoms with Gasteiger partial charge >= 0.3 is 0 Å². The highest BCUT2D eigenvalue weighted by Crippen LogP contribution is 2.24. The Hall–Kier alpha value is -2.66. The lowest BCUT2D eigenvalue weighted by Gasteiger charge is -2.19. The third-order valence-electron chi connectivity index (χ3n) is 5.98. The number of benzene rings is 2. The molecule has 30 heavy (non-hydrogen) atoms. The van der Waals surface area contributed by atoms with Crippen molar-refractivity contribution in [1.29, 1.82) is 0 Å². The van der Waals surface area contributed by atoms with Crippen LogP contribution in [0.4, 0.5) is 5.69 Å². The number of carbonyl (C=O) groups excluding carboxylic acids is 1. The molecule has 1 saturated heterocycles. The Morgan fingerprint density at radius 2 is 1.77 bits per heavy atom. The smallest absolute Gasteiger partial charge is 0.255 e. The molecular weight excluding hydrogens is 372 g/mol. The molecule has 0 aliphatic carbocycles. The highest BCUT2D eigenvalue weighted by molar-refractivity contribution is 6.05. The summed E-state index contributed by atoms with van der Waals surface area (Å²) < 4.78 is 2.28. The van der Waals surface area contributed by atoms with Crippen LogP contribution in [0.1, 0.15) is 62.3 Å². The Morgan fingerprint density at radius 1 is 1.07 bits per heavy atom. The average Bonchev–Trinajstić information content (AvgIpc) is 3.34. The number of anilines is 1. The number of likely N-dealkylation sites (tertiary alicyclic amines) is 1. The number of carbonyl (C=O) groups is 1. The van der Waals surface area contributed by atoms with Gasteiger partial charge in [0.25, 0.3) is 5.91 Å². The van der Waals surface area contributed by atoms with E-state index in [0.717, 1.165) is 48.7 Å². The zero-order valence-corrected chi connectivity index (χ0v) is 18.5. The molecule has 0 unspecified atom stereocenters. The lowest BCUT2D eigenvalue weighted by atomic mass is 9.87. The minimum Gasteiger partial charge on any atom is -0.327 e. The minimum atomic E-state index is -0.0953. The number of aromatic nitrogens is 2. The highest BCUT2D eigenvalue weighted by Gasteiger charge is 2.18. The van der Waals surface area contributed by atoms with Gasteiger partial charge in [-0.3, -0.25) is 9.69 Å². The standard InChI is InChI=1S/C25H32N4O/c1-5-29-22-13-12-20(16-21(22)27-23(29)17-28-14-6-7-15-28)26-24(30)18-8-10-19(11-9-18)25(2,3)4/h8-13,16H,5-7,14-15,17H2,1-4H3,(H,26,30). The molecule has 1 aromatic heterocycles. The Balaban J connectivity index is 1.53. The van der Waals surface area contributed by atoms with E-state index in [9.17, 15) is 4.79 Å². The third kappa shape index (κ3) is 4.26. The maximum atomic E-state index is 12.7. The predicted octanol–water partition coefficient (Wildman–Crippen LogP) is 5.20. The summed E-state index contributed by atoms with van der Waals surface area (Å²) in [7, 11) is 0. The van der Waals surface area contributed by atoms with E-state index in [0.29, 0.717) is 5.56 Å². The second-order valence-corrected chi connectivity index (χ2v) is 9.24. The van der Waals surface area contributed by atoms with Gasteiger partial charge in [0.05, 0.1) is 17.6 Å². The number of fused-ring (bicyclic) bond motifs is 1. The Bertz CT molecular complexity index is 1040. The second-order valence-electron chi connectivity index (χ2n) is 9.24. The van der Waals surface area contributed by atoms with E-state index in [4.69, 9.17) is 4.98 Å². The van der Waals surface area contributed by atoms with Crippen LogP contribution in [0.3, 0.4) is 0 Å². The Morgan fingerprint density at radius 3 is 2.40 bits per heavy atom. The molecule has 1 fully saturated rings. The van der Waals surface area contributed by atoms with Gasteiger partial charge in [0.2, 0.25) is 0 Å². The molecule has 1 N–H and O–H groups in total. The molecule has 0 bridgehead atoms. The van der Waals surface area contributed by atoms with Gasteiger partial charge in [0.1, 0.15) is 5.82 Å². The highest BCUT2D eigenvalue weighted by atomic mass is 16.1. The minimum absolute atomic E-state index is 0.0743. The first-order chi connectivity index (χ1) is 14.3. The van der Waals surface area contributed by atoms with Crippen molar-refractivity contribution in [1.82, 2.24) is 14.5 Å². The summed E-state index contributed by atoms with van der Waals surface area (Å²) in [5.41, 5.74) is 4.80. The summed E-state index contributed by atoms with van der Waals surface area (Å²) in [6, 6.07) is 13.9. The van der Waals surface area contributed by atoms with Crippen molar-refractivity contribution in [3.63, 3.8) is 0 Å². The van der Waals surface area contributed by atoms with Crippen LogP contribution in [0.2, 0.25) is 0 Å². The molecule has 2 heterocycles. The number of rotatable bonds is 5. The van der Waals surface area contributed by atoms with E-state index in [-0.39, 0.29) is 11.3 Å². The van der Waals surface area contributed by atoms with Gasteiger partial charge in [-0.05, 0) is 74.2 Å². The van der Waals surface area contributed by atoms with Gasteiger partial charge in [-0.25, -0.2) is 4.98 Å². The monoisotopic (exact) mass is 404 g/mol. The van der Waals surface area contributed by atoms with Crippen molar-refractivity contribution in [2.24, 2.45) is 0 Å². The first kappa shape index (κ1) is 20.6. The zero-order chi connectivity index (χ0) is 21.3. The van der Waals surface area contributed by atoms with E-state index >= 15 is 0 Å². The molecule has 2 aromatic carbocycles. The normalized spacial score (nSPS) is 15.1. The lowest BCUT2D eigenvalue weighted by molar-refractivity contribution is 0.102. The van der Waals surface area contributed by atoms with Gasteiger partial charge in [-0.2, -0.15) is 0 Å². The quantitative estimate of drug-likeness (QED) is 0.636. The van der Waals surface area contributed by atoms with Crippen LogP contribution < -0.4 is 5.32 Å². The SMILES string of the molecule is CCn1c(CN2CCCC2)nc2cc(NC(=O)c3ccc(C(C)(C)C)cc3)ccc21. The maximum absolute atomic E-state index is 12.7. The fourth-order valence-corrected chi connectivity index (χ4v) is 4.20. The molecule has 0 spiro atoms. The molecule has 0 radical (unpaired) electrons. The first-order valence-corrected chi connectivity index (χ1v) is 11.0. The van der Waals surface area contributed by atoms with E-state index in [2.05, 4.69) is 48.5 Å². The van der Waals surface area contributed by atoms with Gasteiger partial charge in [-0.1, -0.05) is 32.9 Å². The molecule has 1 aliphatic heterocycles. The number of nitrogens with one attached hydrogen (secondary N) is 1. The average molecular weight is 405 g/mol. The summed E-state index contributed by atoms with van der Waals surface area (Å²) in [5.74, 6) is 1.01. The molecule has 0 atom stereocenters. The zero-order valence-electron chi connectivity index (χ0n) is 18.5. The van der Waals surface area contributed by atoms with E-state index in [1.54, 1.807) is 0 Å². The number of hydrogen-bond acceptors (Lipinski definition) is 3. The molecule has 5 nitrogen and oxygen atoms in total. The van der Waals surface area contributed by atoms with Gasteiger partial charge in [0.15, 0.2) is 0 Å². The topological polar surface area (TPSA) is 50.2 Å². The second kappa shape index (κ2) is 8.23. The summed E-state index contributed by atoms with van der Waals surface area (Å²) >= 11 is 0. The van der Waals surface area contributed by atoms with Crippen molar-refractivity contribution in [3.8, 4) is 0 Å². The van der Waals surface area contributed by atoms with Crippen LogP contribution in [-0.4, -0.2) is 33.4 Å². The molecule has 1 amide bonds. The summed E-state index contributed by atoms with van der Waals surface area (Å²) in [6.45, 7) is 12.8. The number of imidazole rings is 1. The molecule has 1 aliphatic rings. The van der Waals surface area contributed by atoms with Crippen LogP contribution in [0.5, 0.6) is 0 Å². The van der Waals surface area contributed by atoms with Crippen LogP contribution >= 0.6 is 0 Å². The summed E-state index contributed by atoms with van der Waals surface area (Å²) in [6.07, 6.45) is 2.55. The number of amides is 1. The number of hydrogen-bond donors (Lipinski definition) is 1. The van der Waals surface area contributed by atoms with Crippen LogP contribution in [0, 0.1) is 0 Å². The van der Waals surface area contributed by atoms with Crippen LogP contribution in [0.25, 0.3) is 11.0 Å². The van der Waals surface area contributed by atoms with Crippen molar-refractivity contribution in [2.75, 3.05) is 18.4 Å². The third-order valence-corrected chi connectivity index (χ3v) is 5.98.